The van der Waals surface area contributed by atoms with Crippen molar-refractivity contribution in [3.05, 3.63) is 59.1 Å². The van der Waals surface area contributed by atoms with Gasteiger partial charge in [-0.3, -0.25) is 14.4 Å². The van der Waals surface area contributed by atoms with Gasteiger partial charge in [0.1, 0.15) is 36.4 Å². The summed E-state index contributed by atoms with van der Waals surface area (Å²) in [6.07, 6.45) is 13.0. The van der Waals surface area contributed by atoms with Crippen molar-refractivity contribution in [1.29, 1.82) is 0 Å². The number of ether oxygens (including phenoxy) is 6. The van der Waals surface area contributed by atoms with Crippen LogP contribution in [-0.2, 0) is 52.0 Å². The maximum Gasteiger partial charge on any atom is 0.329 e. The molecule has 2 saturated heterocycles. The molecule has 4 rings (SSSR count). The van der Waals surface area contributed by atoms with E-state index in [1.807, 2.05) is 45.1 Å². The van der Waals surface area contributed by atoms with Gasteiger partial charge < -0.3 is 53.1 Å². The van der Waals surface area contributed by atoms with E-state index in [4.69, 9.17) is 32.8 Å². The number of fused-ring (bicyclic) bond motifs is 3. The maximum absolute atomic E-state index is 14.6. The van der Waals surface area contributed by atoms with Gasteiger partial charge in [0.25, 0.3) is 11.7 Å². The largest absolute Gasteiger partial charge is 0.494 e. The number of cyclic esters (lactones) is 1. The molecule has 3 N–H and O–H groups in total. The molecule has 14 atom stereocenters. The first kappa shape index (κ1) is 64.0. The van der Waals surface area contributed by atoms with E-state index in [1.165, 1.54) is 12.0 Å². The number of carbonyl (C=O) groups is 4. The van der Waals surface area contributed by atoms with Crippen LogP contribution in [0.25, 0.3) is 0 Å². The second-order valence-corrected chi connectivity index (χ2v) is 28.7. The summed E-state index contributed by atoms with van der Waals surface area (Å²) in [7, 11) is 2.60. The van der Waals surface area contributed by atoms with Crippen LogP contribution in [0.5, 0.6) is 0 Å². The molecular weight excluding hydrogens is 975 g/mol. The van der Waals surface area contributed by atoms with Crippen molar-refractivity contribution in [2.45, 2.75) is 213 Å². The third-order valence-corrected chi connectivity index (χ3v) is 21.4. The lowest BCUT2D eigenvalue weighted by Crippen LogP contribution is -2.61. The Morgan fingerprint density at radius 2 is 1.56 bits per heavy atom. The Morgan fingerprint density at radius 3 is 2.21 bits per heavy atom. The van der Waals surface area contributed by atoms with Crippen molar-refractivity contribution < 1.29 is 67.3 Å². The number of esters is 1. The Balaban J connectivity index is 1.77. The minimum Gasteiger partial charge on any atom is -0.494 e. The maximum atomic E-state index is 14.6. The number of carbonyl (C=O) groups excluding carboxylic acids is 4. The number of ketones is 2. The number of aliphatic hydroxyl groups is 3. The van der Waals surface area contributed by atoms with Crippen LogP contribution in [0.3, 0.4) is 0 Å². The molecule has 3 heterocycles. The minimum atomic E-state index is -2.43. The molecule has 426 valence electrons. The summed E-state index contributed by atoms with van der Waals surface area (Å²) in [5.41, 5.74) is 1.37. The number of amides is 1. The van der Waals surface area contributed by atoms with Crippen LogP contribution in [0.2, 0.25) is 18.1 Å². The Morgan fingerprint density at radius 1 is 0.853 bits per heavy atom. The fourth-order valence-electron chi connectivity index (χ4n) is 10.9. The predicted molar refractivity (Wildman–Crippen MR) is 292 cm³/mol. The second kappa shape index (κ2) is 28.9. The highest BCUT2D eigenvalue weighted by molar-refractivity contribution is 6.74. The van der Waals surface area contributed by atoms with Gasteiger partial charge in [0.2, 0.25) is 5.79 Å². The van der Waals surface area contributed by atoms with Gasteiger partial charge in [-0.25, -0.2) is 4.79 Å². The fraction of sp³-hybridized carbons (Fsp3) is 0.763. The molecular formula is C59H97NO14Si. The molecule has 2 bridgehead atoms. The van der Waals surface area contributed by atoms with Gasteiger partial charge in [0.15, 0.2) is 14.1 Å². The quantitative estimate of drug-likeness (QED) is 0.0582. The Kier molecular flexibility index (Phi) is 24.7. The molecule has 0 aromatic rings. The number of piperidine rings is 1. The monoisotopic (exact) mass is 1070 g/mol. The Labute approximate surface area is 451 Å². The number of rotatable bonds is 11. The highest BCUT2D eigenvalue weighted by Gasteiger charge is 2.53. The minimum absolute atomic E-state index is 0.00867. The molecule has 4 aliphatic rings. The zero-order valence-electron chi connectivity index (χ0n) is 48.4. The topological polar surface area (TPSA) is 197 Å². The molecule has 0 spiro atoms. The van der Waals surface area contributed by atoms with Crippen LogP contribution >= 0.6 is 0 Å². The number of aliphatic hydroxyl groups excluding tert-OH is 2. The van der Waals surface area contributed by atoms with E-state index in [2.05, 4.69) is 46.9 Å². The molecule has 1 unspecified atom stereocenters. The predicted octanol–water partition coefficient (Wildman–Crippen LogP) is 9.49. The number of hydrogen-bond acceptors (Lipinski definition) is 14. The van der Waals surface area contributed by atoms with E-state index in [-0.39, 0.29) is 72.3 Å². The van der Waals surface area contributed by atoms with Gasteiger partial charge in [-0.05, 0) is 125 Å². The lowest BCUT2D eigenvalue weighted by atomic mass is 9.78. The Hall–Kier alpha value is -3.48. The normalized spacial score (nSPS) is 33.8. The summed E-state index contributed by atoms with van der Waals surface area (Å²) in [5.74, 6) is -6.58. The van der Waals surface area contributed by atoms with E-state index in [0.717, 1.165) is 12.0 Å². The molecule has 0 aromatic heterocycles. The molecule has 3 aliphatic heterocycles. The van der Waals surface area contributed by atoms with Gasteiger partial charge in [-0.2, -0.15) is 0 Å². The first-order valence-corrected chi connectivity index (χ1v) is 30.7. The molecule has 0 radical (unpaired) electrons. The third kappa shape index (κ3) is 17.5. The van der Waals surface area contributed by atoms with Crippen molar-refractivity contribution in [2.24, 2.45) is 35.5 Å². The van der Waals surface area contributed by atoms with Crippen molar-refractivity contribution in [3.63, 3.8) is 0 Å². The summed E-state index contributed by atoms with van der Waals surface area (Å²) in [4.78, 5) is 58.9. The zero-order valence-corrected chi connectivity index (χ0v) is 49.4. The van der Waals surface area contributed by atoms with Gasteiger partial charge in [-0.15, -0.1) is 0 Å². The van der Waals surface area contributed by atoms with Crippen molar-refractivity contribution >= 4 is 31.8 Å². The number of allylic oxidation sites excluding steroid dienone is 7. The highest BCUT2D eigenvalue weighted by Crippen LogP contribution is 2.39. The number of methoxy groups -OCH3 is 3. The van der Waals surface area contributed by atoms with E-state index in [0.29, 0.717) is 75.7 Å². The summed E-state index contributed by atoms with van der Waals surface area (Å²) >= 11 is 0. The highest BCUT2D eigenvalue weighted by atomic mass is 28.4. The fourth-order valence-corrected chi connectivity index (χ4v) is 11.9. The van der Waals surface area contributed by atoms with E-state index in [9.17, 15) is 34.5 Å². The first-order chi connectivity index (χ1) is 35.2. The van der Waals surface area contributed by atoms with Gasteiger partial charge >= 0.3 is 5.97 Å². The van der Waals surface area contributed by atoms with Crippen LogP contribution in [-0.4, -0.2) is 142 Å². The van der Waals surface area contributed by atoms with Crippen molar-refractivity contribution in [1.82, 2.24) is 4.90 Å². The van der Waals surface area contributed by atoms with Crippen LogP contribution < -0.4 is 0 Å². The molecule has 1 saturated carbocycles. The first-order valence-electron chi connectivity index (χ1n) is 27.8. The van der Waals surface area contributed by atoms with E-state index >= 15 is 0 Å². The summed E-state index contributed by atoms with van der Waals surface area (Å²) in [5, 5.41) is 34.7. The standard InChI is InChI=1S/C59H97NO14Si/c1-37-21-17-16-18-22-38(2)49(68-11)35-45-26-24-43(7)59(67,74-45)55(64)56(65)60-28-20-19-23-46(60)57(66)73-50(40(4)33-44-25-27-47(61)51(34-44)69-12)36-48(62)39(3)32-41(5)52(63)54(70-13)53(42(6)31-37)71-29-30-72-75(14,15)58(8,9)10/h16-18,21-22,32,37,39-40,42-47,49-52,61,63,67H,19-20,23-31,33-36H2,1-15H3/t37-,39-,40-,42-,43-,44+,45+,46+,47-,49+,50+,51-,52-,59?/m1/s1. The summed E-state index contributed by atoms with van der Waals surface area (Å²) < 4.78 is 43.1. The molecule has 1 aliphatic carbocycles. The second-order valence-electron chi connectivity index (χ2n) is 23.9. The molecule has 1 amide bonds. The van der Waals surface area contributed by atoms with Crippen molar-refractivity contribution in [2.75, 3.05) is 41.1 Å². The van der Waals surface area contributed by atoms with Crippen LogP contribution in [0.4, 0.5) is 0 Å². The number of hydrogen-bond donors (Lipinski definition) is 3. The van der Waals surface area contributed by atoms with Crippen LogP contribution in [0.1, 0.15) is 146 Å². The average molecular weight is 1070 g/mol. The number of nitrogens with zero attached hydrogens (tertiary/aromatic N) is 1. The zero-order chi connectivity index (χ0) is 56.0. The van der Waals surface area contributed by atoms with E-state index in [1.54, 1.807) is 41.1 Å². The Bertz CT molecular complexity index is 2060. The molecule has 3 fully saturated rings. The van der Waals surface area contributed by atoms with Gasteiger partial charge in [-0.1, -0.05) is 91.8 Å². The SMILES string of the molecule is COC1=C(OCCO[Si](C)(C)C(C)(C)C)[C@H](C)C[C@H](C)C=CC=CC=C(C)[C@@H](OC)C[C@@H]2CC[C@@H](C)C(O)(O2)C(=O)C(=O)N2CCCC[C@H]2C(=O)O[C@H]([C@H](C)C[C@@H]2CC[C@@H](O)[C@H](OC)C2)CC(=O)[C@H](C)C=C(C)[C@H]1O. The lowest BCUT2D eigenvalue weighted by molar-refractivity contribution is -0.265. The number of Topliss-reactive ketones (excluding diaryl/α,β-unsaturated/α-hetero) is 2. The van der Waals surface area contributed by atoms with Gasteiger partial charge in [0.05, 0.1) is 38.1 Å². The molecule has 15 nitrogen and oxygen atoms in total. The summed E-state index contributed by atoms with van der Waals surface area (Å²) in [6, 6.07) is -1.14. The van der Waals surface area contributed by atoms with Crippen LogP contribution in [0.15, 0.2) is 59.1 Å². The molecule has 0 aromatic carbocycles. The van der Waals surface area contributed by atoms with Gasteiger partial charge in [0, 0.05) is 51.4 Å². The lowest BCUT2D eigenvalue weighted by Gasteiger charge is -2.42. The summed E-state index contributed by atoms with van der Waals surface area (Å²) in [6.45, 7) is 24.9. The average Bonchev–Trinajstić information content (AvgIpc) is 3.36. The molecule has 16 heteroatoms. The smallest absolute Gasteiger partial charge is 0.329 e. The molecule has 75 heavy (non-hydrogen) atoms. The van der Waals surface area contributed by atoms with Crippen LogP contribution in [0, 0.1) is 35.5 Å². The third-order valence-electron chi connectivity index (χ3n) is 16.9. The van der Waals surface area contributed by atoms with Crippen molar-refractivity contribution in [3.8, 4) is 0 Å². The van der Waals surface area contributed by atoms with E-state index < -0.39 is 80.2 Å².